The monoisotopic (exact) mass is 548 g/mol. The Morgan fingerprint density at radius 3 is 2.66 bits per heavy atom. The number of amides is 1. The number of carbonyl (C=O) groups excluding carboxylic acids is 1. The molecule has 1 amide bonds. The predicted molar refractivity (Wildman–Crippen MR) is 134 cm³/mol. The van der Waals surface area contributed by atoms with Crippen molar-refractivity contribution in [2.45, 2.75) is 62.8 Å². The van der Waals surface area contributed by atoms with Crippen molar-refractivity contribution in [1.82, 2.24) is 10.6 Å². The van der Waals surface area contributed by atoms with Gasteiger partial charge in [-0.2, -0.15) is 0 Å². The Hall–Kier alpha value is -2.13. The Labute approximate surface area is 213 Å². The Morgan fingerprint density at radius 1 is 1.06 bits per heavy atom. The molecule has 8 heteroatoms. The molecule has 2 aromatic rings. The second kappa shape index (κ2) is 12.2. The maximum Gasteiger partial charge on any atom is 0.220 e. The van der Waals surface area contributed by atoms with Gasteiger partial charge in [-0.3, -0.25) is 4.79 Å². The normalized spacial score (nSPS) is 27.0. The van der Waals surface area contributed by atoms with Crippen molar-refractivity contribution in [2.24, 2.45) is 0 Å². The van der Waals surface area contributed by atoms with Gasteiger partial charge in [0.1, 0.15) is 11.6 Å². The van der Waals surface area contributed by atoms with Crippen LogP contribution in [-0.4, -0.2) is 36.3 Å². The fraction of sp³-hybridized carbons (Fsp3) is 0.444. The van der Waals surface area contributed by atoms with E-state index in [1.54, 1.807) is 0 Å². The van der Waals surface area contributed by atoms with Crippen LogP contribution in [0.25, 0.3) is 0 Å². The zero-order valence-corrected chi connectivity index (χ0v) is 21.1. The number of ether oxygens (including phenoxy) is 1. The lowest BCUT2D eigenvalue weighted by Gasteiger charge is -2.26. The fourth-order valence-electron chi connectivity index (χ4n) is 4.82. The summed E-state index contributed by atoms with van der Waals surface area (Å²) < 4.78 is 34.6. The molecule has 0 aromatic heterocycles. The summed E-state index contributed by atoms with van der Waals surface area (Å²) in [7, 11) is 0. The average molecular weight is 549 g/mol. The van der Waals surface area contributed by atoms with E-state index in [0.29, 0.717) is 25.0 Å². The molecule has 4 rings (SSSR count). The summed E-state index contributed by atoms with van der Waals surface area (Å²) in [6, 6.07) is 8.67. The number of aliphatic hydroxyl groups is 1. The molecule has 1 aliphatic heterocycles. The fourth-order valence-corrected chi connectivity index (χ4v) is 5.19. The number of fused-ring (bicyclic) bond motifs is 5. The van der Waals surface area contributed by atoms with E-state index in [1.165, 1.54) is 12.1 Å². The van der Waals surface area contributed by atoms with E-state index >= 15 is 0 Å². The molecule has 2 aliphatic rings. The standard InChI is InChI=1S/C27H31BrF2N2O3/c28-18-7-8-21-22(13-18)23-15-26(21)35-9-5-3-1-2-4-6-27(34)32-24(25(33)16-31-23)12-17-10-19(29)14-20(30)11-17/h3,5,7-8,10-11,13-14,23-26,31,33H,1-2,4,6,9,12,15-16H2,(H,32,34)/b5-3-/t23-,24-,25+,26+/m0/s1. The maximum atomic E-state index is 13.8. The van der Waals surface area contributed by atoms with Crippen LogP contribution in [0.2, 0.25) is 0 Å². The van der Waals surface area contributed by atoms with Crippen LogP contribution < -0.4 is 10.6 Å². The first-order chi connectivity index (χ1) is 16.9. The van der Waals surface area contributed by atoms with Crippen LogP contribution in [0.15, 0.2) is 53.0 Å². The van der Waals surface area contributed by atoms with Crippen molar-refractivity contribution < 1.29 is 23.4 Å². The minimum atomic E-state index is -0.960. The summed E-state index contributed by atoms with van der Waals surface area (Å²) in [5.41, 5.74) is 2.61. The first-order valence-corrected chi connectivity index (χ1v) is 12.9. The summed E-state index contributed by atoms with van der Waals surface area (Å²) in [5.74, 6) is -1.55. The van der Waals surface area contributed by atoms with E-state index in [1.807, 2.05) is 12.1 Å². The number of benzene rings is 2. The second-order valence-corrected chi connectivity index (χ2v) is 10.1. The summed E-state index contributed by atoms with van der Waals surface area (Å²) in [6.45, 7) is 0.717. The van der Waals surface area contributed by atoms with Crippen LogP contribution in [0.1, 0.15) is 60.9 Å². The lowest BCUT2D eigenvalue weighted by molar-refractivity contribution is -0.122. The lowest BCUT2D eigenvalue weighted by Crippen LogP contribution is -2.49. The van der Waals surface area contributed by atoms with Gasteiger partial charge >= 0.3 is 0 Å². The first-order valence-electron chi connectivity index (χ1n) is 12.1. The third-order valence-electron chi connectivity index (χ3n) is 6.57. The van der Waals surface area contributed by atoms with Crippen LogP contribution in [0, 0.1) is 11.6 Å². The molecule has 0 radical (unpaired) electrons. The van der Waals surface area contributed by atoms with Gasteiger partial charge in [0, 0.05) is 29.5 Å². The highest BCUT2D eigenvalue weighted by atomic mass is 79.9. The summed E-state index contributed by atoms with van der Waals surface area (Å²) in [5, 5.41) is 17.4. The van der Waals surface area contributed by atoms with E-state index in [-0.39, 0.29) is 31.0 Å². The largest absolute Gasteiger partial charge is 0.390 e. The number of nitrogens with one attached hydrogen (secondary N) is 2. The number of hydrogen-bond donors (Lipinski definition) is 3. The van der Waals surface area contributed by atoms with Crippen LogP contribution in [0.3, 0.4) is 0 Å². The topological polar surface area (TPSA) is 70.6 Å². The third-order valence-corrected chi connectivity index (χ3v) is 7.06. The van der Waals surface area contributed by atoms with E-state index in [2.05, 4.69) is 44.8 Å². The number of carbonyl (C=O) groups is 1. The molecule has 0 saturated heterocycles. The second-order valence-electron chi connectivity index (χ2n) is 9.23. The van der Waals surface area contributed by atoms with Gasteiger partial charge in [0.2, 0.25) is 5.91 Å². The average Bonchev–Trinajstić information content (AvgIpc) is 3.14. The Balaban J connectivity index is 1.54. The van der Waals surface area contributed by atoms with Gasteiger partial charge in [-0.05, 0) is 73.1 Å². The summed E-state index contributed by atoms with van der Waals surface area (Å²) in [4.78, 5) is 12.6. The minimum Gasteiger partial charge on any atom is -0.390 e. The smallest absolute Gasteiger partial charge is 0.220 e. The molecule has 2 aromatic carbocycles. The summed E-state index contributed by atoms with van der Waals surface area (Å²) >= 11 is 3.54. The molecular formula is C27H31BrF2N2O3. The Bertz CT molecular complexity index is 1040. The molecule has 5 nitrogen and oxygen atoms in total. The molecule has 2 bridgehead atoms. The predicted octanol–water partition coefficient (Wildman–Crippen LogP) is 5.04. The van der Waals surface area contributed by atoms with Crippen molar-refractivity contribution in [3.63, 3.8) is 0 Å². The van der Waals surface area contributed by atoms with E-state index in [9.17, 15) is 18.7 Å². The number of hydrogen-bond acceptors (Lipinski definition) is 4. The molecule has 188 valence electrons. The van der Waals surface area contributed by atoms with Crippen molar-refractivity contribution in [1.29, 1.82) is 0 Å². The van der Waals surface area contributed by atoms with Crippen molar-refractivity contribution in [3.05, 3.63) is 81.3 Å². The first kappa shape index (κ1) is 25.9. The molecule has 4 atom stereocenters. The van der Waals surface area contributed by atoms with E-state index in [0.717, 1.165) is 40.9 Å². The number of allylic oxidation sites excluding steroid dienone is 1. The van der Waals surface area contributed by atoms with Gasteiger partial charge in [-0.15, -0.1) is 0 Å². The highest BCUT2D eigenvalue weighted by Crippen LogP contribution is 2.42. The highest BCUT2D eigenvalue weighted by Gasteiger charge is 2.32. The molecule has 1 heterocycles. The quantitative estimate of drug-likeness (QED) is 0.460. The number of rotatable bonds is 2. The molecule has 3 N–H and O–H groups in total. The number of halogens is 3. The van der Waals surface area contributed by atoms with Gasteiger partial charge in [0.15, 0.2) is 0 Å². The SMILES string of the molecule is O=C1CCCC/C=C\CO[C@@H]2C[C@H](NC[C@@H](O)[C@H](Cc3cc(F)cc(F)c3)N1)c1cc(Br)ccc12. The molecule has 0 fully saturated rings. The van der Waals surface area contributed by atoms with Gasteiger partial charge in [0.05, 0.1) is 24.9 Å². The van der Waals surface area contributed by atoms with Crippen LogP contribution >= 0.6 is 15.9 Å². The zero-order chi connectivity index (χ0) is 24.8. The van der Waals surface area contributed by atoms with E-state index < -0.39 is 23.8 Å². The Morgan fingerprint density at radius 2 is 1.86 bits per heavy atom. The van der Waals surface area contributed by atoms with Crippen LogP contribution in [0.5, 0.6) is 0 Å². The third kappa shape index (κ3) is 7.19. The molecule has 1 aliphatic carbocycles. The van der Waals surface area contributed by atoms with Crippen LogP contribution in [-0.2, 0) is 16.0 Å². The molecule has 0 saturated carbocycles. The van der Waals surface area contributed by atoms with Crippen molar-refractivity contribution >= 4 is 21.8 Å². The number of aliphatic hydroxyl groups excluding tert-OH is 1. The van der Waals surface area contributed by atoms with Gasteiger partial charge in [-0.25, -0.2) is 8.78 Å². The summed E-state index contributed by atoms with van der Waals surface area (Å²) in [6.07, 6.45) is 6.66. The van der Waals surface area contributed by atoms with Gasteiger partial charge in [-0.1, -0.05) is 34.1 Å². The molecule has 0 spiro atoms. The maximum absolute atomic E-state index is 13.8. The number of β-amino-alcohol motifs (C(OH)–C–C–N with tert-alkyl or cyclic N) is 1. The molecule has 0 unspecified atom stereocenters. The minimum absolute atomic E-state index is 0.0372. The van der Waals surface area contributed by atoms with Crippen molar-refractivity contribution in [3.8, 4) is 0 Å². The molecular weight excluding hydrogens is 518 g/mol. The van der Waals surface area contributed by atoms with Gasteiger partial charge < -0.3 is 20.5 Å². The van der Waals surface area contributed by atoms with Gasteiger partial charge in [0.25, 0.3) is 0 Å². The van der Waals surface area contributed by atoms with E-state index in [4.69, 9.17) is 4.74 Å². The lowest BCUT2D eigenvalue weighted by atomic mass is 9.99. The zero-order valence-electron chi connectivity index (χ0n) is 19.5. The van der Waals surface area contributed by atoms with Crippen molar-refractivity contribution in [2.75, 3.05) is 13.2 Å². The molecule has 35 heavy (non-hydrogen) atoms. The highest BCUT2D eigenvalue weighted by molar-refractivity contribution is 9.10. The van der Waals surface area contributed by atoms with Crippen LogP contribution in [0.4, 0.5) is 8.78 Å². The Kier molecular flexibility index (Phi) is 9.05.